The lowest BCUT2D eigenvalue weighted by Crippen LogP contribution is -2.65. The number of carbonyl (C=O) groups is 3. The van der Waals surface area contributed by atoms with Crippen molar-refractivity contribution in [1.82, 2.24) is 5.32 Å². The minimum absolute atomic E-state index is 0.00367. The maximum absolute atomic E-state index is 12.8. The van der Waals surface area contributed by atoms with Crippen molar-refractivity contribution in [3.8, 4) is 0 Å². The smallest absolute Gasteiger partial charge is 0.223 e. The maximum Gasteiger partial charge on any atom is 0.223 e. The summed E-state index contributed by atoms with van der Waals surface area (Å²) in [6, 6.07) is 0.00367. The zero-order chi connectivity index (χ0) is 15.7. The van der Waals surface area contributed by atoms with Crippen LogP contribution in [-0.2, 0) is 14.4 Å². The standard InChI is InChI=1S/C18H25NO3/c1-17-7-5-10(20)9-13(17)19-16(22)15-11-3-4-14(21)18(11,2)8-6-12(15)17/h11-13,15H,3-9H2,1-2H3,(H,19,22)/t11-,12-,13-,15-,17+,18-/m0/s1. The topological polar surface area (TPSA) is 63.2 Å². The lowest BCUT2D eigenvalue weighted by molar-refractivity contribution is -0.157. The Hall–Kier alpha value is -1.19. The SMILES string of the molecule is C[C@]12CCC(=O)C[C@@H]1NC(=O)[C@@H]1[C@@H]2CC[C@]2(C)C(=O)CC[C@@H]12. The van der Waals surface area contributed by atoms with Crippen LogP contribution in [0.5, 0.6) is 0 Å². The Morgan fingerprint density at radius 2 is 1.77 bits per heavy atom. The highest BCUT2D eigenvalue weighted by Gasteiger charge is 2.63. The predicted octanol–water partition coefficient (Wildman–Crippen LogP) is 2.26. The number of fused-ring (bicyclic) bond motifs is 5. The van der Waals surface area contributed by atoms with E-state index < -0.39 is 0 Å². The van der Waals surface area contributed by atoms with Crippen molar-refractivity contribution >= 4 is 17.5 Å². The summed E-state index contributed by atoms with van der Waals surface area (Å²) < 4.78 is 0. The second kappa shape index (κ2) is 4.42. The minimum atomic E-state index is -0.286. The van der Waals surface area contributed by atoms with Gasteiger partial charge >= 0.3 is 0 Å². The van der Waals surface area contributed by atoms with Crippen molar-refractivity contribution in [1.29, 1.82) is 0 Å². The van der Waals surface area contributed by atoms with Crippen LogP contribution in [0.3, 0.4) is 0 Å². The van der Waals surface area contributed by atoms with Crippen LogP contribution in [0.1, 0.15) is 58.8 Å². The quantitative estimate of drug-likeness (QED) is 0.746. The first kappa shape index (κ1) is 14.4. The van der Waals surface area contributed by atoms with Crippen molar-refractivity contribution in [3.05, 3.63) is 0 Å². The number of ketones is 2. The molecule has 22 heavy (non-hydrogen) atoms. The van der Waals surface area contributed by atoms with E-state index in [1.165, 1.54) is 0 Å². The van der Waals surface area contributed by atoms with Gasteiger partial charge in [0.25, 0.3) is 0 Å². The fraction of sp³-hybridized carbons (Fsp3) is 0.833. The first-order valence-corrected chi connectivity index (χ1v) is 8.71. The Balaban J connectivity index is 1.72. The molecule has 4 fully saturated rings. The Kier molecular flexibility index (Phi) is 2.90. The highest BCUT2D eigenvalue weighted by atomic mass is 16.2. The largest absolute Gasteiger partial charge is 0.352 e. The second-order valence-corrected chi connectivity index (χ2v) is 8.47. The van der Waals surface area contributed by atoms with Gasteiger partial charge in [-0.25, -0.2) is 0 Å². The molecule has 0 unspecified atom stereocenters. The van der Waals surface area contributed by atoms with Gasteiger partial charge in [-0.1, -0.05) is 13.8 Å². The molecule has 0 aromatic heterocycles. The van der Waals surface area contributed by atoms with Gasteiger partial charge in [0.15, 0.2) is 0 Å². The van der Waals surface area contributed by atoms with E-state index >= 15 is 0 Å². The van der Waals surface area contributed by atoms with E-state index in [0.717, 1.165) is 25.7 Å². The molecule has 6 atom stereocenters. The monoisotopic (exact) mass is 303 g/mol. The molecular formula is C18H25NO3. The van der Waals surface area contributed by atoms with Crippen molar-refractivity contribution in [2.75, 3.05) is 0 Å². The summed E-state index contributed by atoms with van der Waals surface area (Å²) in [5.74, 6) is 1.25. The first-order valence-electron chi connectivity index (χ1n) is 8.71. The number of nitrogens with one attached hydrogen (secondary N) is 1. The summed E-state index contributed by atoms with van der Waals surface area (Å²) in [6.07, 6.45) is 5.40. The minimum Gasteiger partial charge on any atom is -0.352 e. The molecule has 120 valence electrons. The van der Waals surface area contributed by atoms with Crippen molar-refractivity contribution < 1.29 is 14.4 Å². The molecule has 3 saturated carbocycles. The molecule has 1 heterocycles. The third-order valence-electron chi connectivity index (χ3n) is 7.62. The summed E-state index contributed by atoms with van der Waals surface area (Å²) in [5, 5.41) is 3.16. The van der Waals surface area contributed by atoms with Gasteiger partial charge in [0.1, 0.15) is 11.6 Å². The summed E-state index contributed by atoms with van der Waals surface area (Å²) in [4.78, 5) is 36.9. The molecular weight excluding hydrogens is 278 g/mol. The van der Waals surface area contributed by atoms with Crippen LogP contribution >= 0.6 is 0 Å². The highest BCUT2D eigenvalue weighted by molar-refractivity contribution is 5.90. The lowest BCUT2D eigenvalue weighted by Gasteiger charge is -2.58. The van der Waals surface area contributed by atoms with Gasteiger partial charge < -0.3 is 5.32 Å². The van der Waals surface area contributed by atoms with Crippen LogP contribution in [0.15, 0.2) is 0 Å². The molecule has 3 aliphatic carbocycles. The second-order valence-electron chi connectivity index (χ2n) is 8.47. The van der Waals surface area contributed by atoms with Gasteiger partial charge in [0, 0.05) is 36.6 Å². The van der Waals surface area contributed by atoms with Gasteiger partial charge in [0.05, 0.1) is 0 Å². The molecule has 0 aromatic rings. The van der Waals surface area contributed by atoms with E-state index in [4.69, 9.17) is 0 Å². The molecule has 0 radical (unpaired) electrons. The number of rotatable bonds is 0. The predicted molar refractivity (Wildman–Crippen MR) is 80.9 cm³/mol. The van der Waals surface area contributed by atoms with Gasteiger partial charge in [0.2, 0.25) is 5.91 Å². The Morgan fingerprint density at radius 1 is 1.00 bits per heavy atom. The van der Waals surface area contributed by atoms with Gasteiger partial charge in [-0.2, -0.15) is 0 Å². The highest BCUT2D eigenvalue weighted by Crippen LogP contribution is 2.61. The molecule has 1 aliphatic heterocycles. The van der Waals surface area contributed by atoms with E-state index in [2.05, 4.69) is 19.2 Å². The Morgan fingerprint density at radius 3 is 2.55 bits per heavy atom. The van der Waals surface area contributed by atoms with Gasteiger partial charge in [-0.15, -0.1) is 0 Å². The van der Waals surface area contributed by atoms with E-state index in [-0.39, 0.29) is 40.4 Å². The van der Waals surface area contributed by atoms with Crippen LogP contribution in [0.25, 0.3) is 0 Å². The van der Waals surface area contributed by atoms with Crippen LogP contribution in [0.4, 0.5) is 0 Å². The third kappa shape index (κ3) is 1.67. The Labute approximate surface area is 131 Å². The van der Waals surface area contributed by atoms with Crippen LogP contribution in [-0.4, -0.2) is 23.5 Å². The van der Waals surface area contributed by atoms with Crippen LogP contribution in [0, 0.1) is 28.6 Å². The lowest BCUT2D eigenvalue weighted by atomic mass is 9.49. The molecule has 0 aromatic carbocycles. The van der Waals surface area contributed by atoms with Gasteiger partial charge in [-0.3, -0.25) is 14.4 Å². The Bertz CT molecular complexity index is 571. The molecule has 1 N–H and O–H groups in total. The summed E-state index contributed by atoms with van der Waals surface area (Å²) in [5.41, 5.74) is -0.258. The number of piperidine rings is 1. The number of Topliss-reactive ketones (excluding diaryl/α,β-unsaturated/α-hetero) is 2. The first-order chi connectivity index (χ1) is 10.4. The number of hydrogen-bond donors (Lipinski definition) is 1. The molecule has 4 rings (SSSR count). The van der Waals surface area contributed by atoms with E-state index in [1.54, 1.807) is 0 Å². The fourth-order valence-corrected chi connectivity index (χ4v) is 6.09. The number of hydrogen-bond acceptors (Lipinski definition) is 3. The van der Waals surface area contributed by atoms with Gasteiger partial charge in [-0.05, 0) is 42.9 Å². The average molecular weight is 303 g/mol. The van der Waals surface area contributed by atoms with Crippen LogP contribution < -0.4 is 5.32 Å². The van der Waals surface area contributed by atoms with E-state index in [9.17, 15) is 14.4 Å². The maximum atomic E-state index is 12.8. The summed E-state index contributed by atoms with van der Waals surface area (Å²) in [6.45, 7) is 4.34. The average Bonchev–Trinajstić information content (AvgIpc) is 2.77. The summed E-state index contributed by atoms with van der Waals surface area (Å²) >= 11 is 0. The molecule has 4 heteroatoms. The van der Waals surface area contributed by atoms with Crippen LogP contribution in [0.2, 0.25) is 0 Å². The van der Waals surface area contributed by atoms with Crippen molar-refractivity contribution in [3.63, 3.8) is 0 Å². The van der Waals surface area contributed by atoms with Crippen molar-refractivity contribution in [2.24, 2.45) is 28.6 Å². The molecule has 1 amide bonds. The molecule has 0 spiro atoms. The zero-order valence-corrected chi connectivity index (χ0v) is 13.5. The zero-order valence-electron chi connectivity index (χ0n) is 13.5. The molecule has 1 saturated heterocycles. The number of carbonyl (C=O) groups excluding carboxylic acids is 3. The van der Waals surface area contributed by atoms with Crippen molar-refractivity contribution in [2.45, 2.75) is 64.8 Å². The van der Waals surface area contributed by atoms with E-state index in [0.29, 0.717) is 31.0 Å². The fourth-order valence-electron chi connectivity index (χ4n) is 6.09. The number of amides is 1. The molecule has 4 nitrogen and oxygen atoms in total. The normalized spacial score (nSPS) is 50.9. The summed E-state index contributed by atoms with van der Waals surface area (Å²) in [7, 11) is 0. The molecule has 0 bridgehead atoms. The van der Waals surface area contributed by atoms with E-state index in [1.807, 2.05) is 0 Å². The molecule has 4 aliphatic rings. The third-order valence-corrected chi connectivity index (χ3v) is 7.62.